The number of primary sulfonamides is 1. The molecule has 3 N–H and O–H groups in total. The van der Waals surface area contributed by atoms with E-state index < -0.39 is 21.7 Å². The molecule has 0 spiro atoms. The molecule has 0 amide bonds. The highest BCUT2D eigenvalue weighted by Crippen LogP contribution is 2.11. The van der Waals surface area contributed by atoms with Crippen molar-refractivity contribution in [2.45, 2.75) is 6.54 Å². The van der Waals surface area contributed by atoms with E-state index in [1.165, 1.54) is 6.07 Å². The minimum Gasteiger partial charge on any atom is -0.311 e. The Morgan fingerprint density at radius 1 is 1.25 bits per heavy atom. The highest BCUT2D eigenvalue weighted by Gasteiger charge is 2.08. The van der Waals surface area contributed by atoms with Crippen molar-refractivity contribution in [3.05, 3.63) is 35.4 Å². The van der Waals surface area contributed by atoms with Gasteiger partial charge < -0.3 is 5.32 Å². The summed E-state index contributed by atoms with van der Waals surface area (Å²) in [7, 11) is -3.55. The second-order valence-electron chi connectivity index (χ2n) is 3.24. The van der Waals surface area contributed by atoms with Crippen LogP contribution in [0, 0.1) is 11.6 Å². The summed E-state index contributed by atoms with van der Waals surface area (Å²) in [5.41, 5.74) is -0.114. The predicted octanol–water partition coefficient (Wildman–Crippen LogP) is 0.343. The van der Waals surface area contributed by atoms with Crippen LogP contribution in [0.2, 0.25) is 0 Å². The lowest BCUT2D eigenvalue weighted by atomic mass is 10.2. The van der Waals surface area contributed by atoms with Gasteiger partial charge in [-0.3, -0.25) is 0 Å². The minimum atomic E-state index is -3.55. The molecule has 0 aromatic heterocycles. The molecule has 0 aliphatic rings. The lowest BCUT2D eigenvalue weighted by Gasteiger charge is -2.06. The van der Waals surface area contributed by atoms with Gasteiger partial charge in [0.15, 0.2) is 0 Å². The molecule has 0 aliphatic heterocycles. The van der Waals surface area contributed by atoms with Crippen LogP contribution in [-0.4, -0.2) is 20.7 Å². The van der Waals surface area contributed by atoms with Crippen molar-refractivity contribution in [2.75, 3.05) is 12.3 Å². The van der Waals surface area contributed by atoms with Crippen LogP contribution in [0.1, 0.15) is 5.56 Å². The highest BCUT2D eigenvalue weighted by atomic mass is 32.2. The fourth-order valence-corrected chi connectivity index (χ4v) is 1.56. The molecule has 1 rings (SSSR count). The summed E-state index contributed by atoms with van der Waals surface area (Å²) >= 11 is 0. The Labute approximate surface area is 92.5 Å². The quantitative estimate of drug-likeness (QED) is 0.740. The van der Waals surface area contributed by atoms with Crippen LogP contribution in [0.25, 0.3) is 0 Å². The molecule has 7 heteroatoms. The Bertz CT molecular complexity index is 442. The van der Waals surface area contributed by atoms with Crippen molar-refractivity contribution in [1.82, 2.24) is 5.32 Å². The third-order valence-electron chi connectivity index (χ3n) is 1.93. The van der Waals surface area contributed by atoms with Crippen LogP contribution >= 0.6 is 0 Å². The van der Waals surface area contributed by atoms with Crippen LogP contribution in [0.4, 0.5) is 8.78 Å². The second-order valence-corrected chi connectivity index (χ2v) is 4.98. The molecule has 4 nitrogen and oxygen atoms in total. The van der Waals surface area contributed by atoms with Gasteiger partial charge in [0.2, 0.25) is 10.0 Å². The monoisotopic (exact) mass is 250 g/mol. The fourth-order valence-electron chi connectivity index (χ4n) is 1.13. The van der Waals surface area contributed by atoms with Crippen molar-refractivity contribution < 1.29 is 17.2 Å². The normalized spacial score (nSPS) is 11.7. The summed E-state index contributed by atoms with van der Waals surface area (Å²) in [6.07, 6.45) is 0. The third kappa shape index (κ3) is 4.21. The topological polar surface area (TPSA) is 72.2 Å². The van der Waals surface area contributed by atoms with E-state index in [4.69, 9.17) is 5.14 Å². The Hall–Kier alpha value is -1.05. The van der Waals surface area contributed by atoms with E-state index in [1.54, 1.807) is 0 Å². The van der Waals surface area contributed by atoms with E-state index in [2.05, 4.69) is 5.32 Å². The zero-order valence-electron chi connectivity index (χ0n) is 8.41. The molecule has 0 bridgehead atoms. The first-order valence-corrected chi connectivity index (χ1v) is 6.26. The van der Waals surface area contributed by atoms with Gasteiger partial charge in [0, 0.05) is 18.7 Å². The zero-order chi connectivity index (χ0) is 12.2. The Morgan fingerprint density at radius 3 is 2.31 bits per heavy atom. The number of nitrogens with one attached hydrogen (secondary N) is 1. The van der Waals surface area contributed by atoms with Gasteiger partial charge in [-0.1, -0.05) is 6.07 Å². The van der Waals surface area contributed by atoms with Gasteiger partial charge in [-0.15, -0.1) is 0 Å². The number of rotatable bonds is 5. The average Bonchev–Trinajstić information content (AvgIpc) is 2.14. The molecule has 0 saturated heterocycles. The predicted molar refractivity (Wildman–Crippen MR) is 56.0 cm³/mol. The Kier molecular flexibility index (Phi) is 4.34. The molecule has 1 aromatic carbocycles. The summed E-state index contributed by atoms with van der Waals surface area (Å²) < 4.78 is 47.3. The molecule has 0 fully saturated rings. The largest absolute Gasteiger partial charge is 0.311 e. The number of halogens is 2. The zero-order valence-corrected chi connectivity index (χ0v) is 9.23. The number of hydrogen-bond acceptors (Lipinski definition) is 3. The van der Waals surface area contributed by atoms with Gasteiger partial charge in [-0.05, 0) is 12.1 Å². The van der Waals surface area contributed by atoms with E-state index in [0.717, 1.165) is 12.1 Å². The molecule has 0 atom stereocenters. The molecule has 0 radical (unpaired) electrons. The highest BCUT2D eigenvalue weighted by molar-refractivity contribution is 7.89. The number of hydrogen-bond donors (Lipinski definition) is 2. The Balaban J connectivity index is 2.49. The molecule has 90 valence electrons. The number of nitrogens with two attached hydrogens (primary N) is 1. The van der Waals surface area contributed by atoms with E-state index in [9.17, 15) is 17.2 Å². The fraction of sp³-hybridized carbons (Fsp3) is 0.333. The summed E-state index contributed by atoms with van der Waals surface area (Å²) in [5.74, 6) is -1.60. The molecule has 16 heavy (non-hydrogen) atoms. The molecule has 0 heterocycles. The standard InChI is InChI=1S/C9H12F2N2O2S/c10-8-2-1-3-9(11)7(8)6-13-4-5-16(12,14)15/h1-3,13H,4-6H2,(H2,12,14,15). The second kappa shape index (κ2) is 5.33. The van der Waals surface area contributed by atoms with Gasteiger partial charge in [0.25, 0.3) is 0 Å². The summed E-state index contributed by atoms with van der Waals surface area (Å²) in [5, 5.41) is 7.36. The number of sulfonamides is 1. The van der Waals surface area contributed by atoms with E-state index in [1.807, 2.05) is 0 Å². The van der Waals surface area contributed by atoms with E-state index in [0.29, 0.717) is 0 Å². The average molecular weight is 250 g/mol. The maximum absolute atomic E-state index is 13.1. The minimum absolute atomic E-state index is 0.0482. The first-order chi connectivity index (χ1) is 7.40. The van der Waals surface area contributed by atoms with Crippen molar-refractivity contribution >= 4 is 10.0 Å². The Morgan fingerprint density at radius 2 is 1.81 bits per heavy atom. The lowest BCUT2D eigenvalue weighted by molar-refractivity contribution is 0.538. The van der Waals surface area contributed by atoms with Gasteiger partial charge in [-0.25, -0.2) is 22.3 Å². The number of benzene rings is 1. The molecular weight excluding hydrogens is 238 g/mol. The van der Waals surface area contributed by atoms with Crippen LogP contribution in [0.15, 0.2) is 18.2 Å². The van der Waals surface area contributed by atoms with Crippen molar-refractivity contribution in [3.8, 4) is 0 Å². The van der Waals surface area contributed by atoms with Crippen LogP contribution < -0.4 is 10.5 Å². The van der Waals surface area contributed by atoms with Gasteiger partial charge in [0.1, 0.15) is 11.6 Å². The van der Waals surface area contributed by atoms with Gasteiger partial charge in [0.05, 0.1) is 5.75 Å². The maximum atomic E-state index is 13.1. The smallest absolute Gasteiger partial charge is 0.210 e. The van der Waals surface area contributed by atoms with Crippen LogP contribution in [0.3, 0.4) is 0 Å². The van der Waals surface area contributed by atoms with E-state index in [-0.39, 0.29) is 24.4 Å². The van der Waals surface area contributed by atoms with Gasteiger partial charge >= 0.3 is 0 Å². The molecule has 0 unspecified atom stereocenters. The van der Waals surface area contributed by atoms with Gasteiger partial charge in [-0.2, -0.15) is 0 Å². The van der Waals surface area contributed by atoms with Crippen molar-refractivity contribution in [3.63, 3.8) is 0 Å². The first-order valence-electron chi connectivity index (χ1n) is 4.54. The SMILES string of the molecule is NS(=O)(=O)CCNCc1c(F)cccc1F. The molecule has 1 aromatic rings. The maximum Gasteiger partial charge on any atom is 0.210 e. The molecule has 0 saturated carbocycles. The van der Waals surface area contributed by atoms with Crippen LogP contribution in [0.5, 0.6) is 0 Å². The van der Waals surface area contributed by atoms with Crippen molar-refractivity contribution in [2.24, 2.45) is 5.14 Å². The molecular formula is C9H12F2N2O2S. The van der Waals surface area contributed by atoms with Crippen LogP contribution in [-0.2, 0) is 16.6 Å². The summed E-state index contributed by atoms with van der Waals surface area (Å²) in [4.78, 5) is 0. The third-order valence-corrected chi connectivity index (χ3v) is 2.70. The molecule has 0 aliphatic carbocycles. The summed E-state index contributed by atoms with van der Waals surface area (Å²) in [6, 6.07) is 3.54. The van der Waals surface area contributed by atoms with Crippen molar-refractivity contribution in [1.29, 1.82) is 0 Å². The first kappa shape index (κ1) is 13.0. The lowest BCUT2D eigenvalue weighted by Crippen LogP contribution is -2.27. The summed E-state index contributed by atoms with van der Waals surface area (Å²) in [6.45, 7) is -0.0271. The van der Waals surface area contributed by atoms with E-state index >= 15 is 0 Å².